The van der Waals surface area contributed by atoms with Crippen LogP contribution in [0.3, 0.4) is 0 Å². The molecule has 1 aromatic carbocycles. The number of allylic oxidation sites excluding steroid dienone is 4. The number of rotatable bonds is 5. The number of anilines is 1. The molecule has 150 valence electrons. The van der Waals surface area contributed by atoms with E-state index < -0.39 is 5.97 Å². The second-order valence-electron chi connectivity index (χ2n) is 7.13. The number of pyridine rings is 1. The maximum atomic E-state index is 12.6. The van der Waals surface area contributed by atoms with Gasteiger partial charge in [-0.2, -0.15) is 0 Å². The van der Waals surface area contributed by atoms with Gasteiger partial charge in [0.25, 0.3) is 0 Å². The highest BCUT2D eigenvalue weighted by atomic mass is 16.4. The van der Waals surface area contributed by atoms with Crippen molar-refractivity contribution in [1.29, 1.82) is 0 Å². The van der Waals surface area contributed by atoms with Crippen molar-refractivity contribution in [3.8, 4) is 0 Å². The van der Waals surface area contributed by atoms with Crippen LogP contribution < -0.4 is 5.73 Å². The number of aromatic nitrogens is 2. The Bertz CT molecular complexity index is 1280. The maximum Gasteiger partial charge on any atom is 0.353 e. The smallest absolute Gasteiger partial charge is 0.353 e. The third kappa shape index (κ3) is 3.30. The van der Waals surface area contributed by atoms with Crippen molar-refractivity contribution in [1.82, 2.24) is 9.55 Å². The molecule has 0 bridgehead atoms. The normalized spacial score (nSPS) is 13.5. The predicted octanol–water partition coefficient (Wildman–Crippen LogP) is 3.48. The summed E-state index contributed by atoms with van der Waals surface area (Å²) >= 11 is 0. The second kappa shape index (κ2) is 7.44. The molecule has 1 aliphatic rings. The van der Waals surface area contributed by atoms with E-state index in [1.807, 2.05) is 0 Å². The quantitative estimate of drug-likeness (QED) is 0.633. The average molecular weight is 401 g/mol. The van der Waals surface area contributed by atoms with Gasteiger partial charge < -0.3 is 15.4 Å². The van der Waals surface area contributed by atoms with Gasteiger partial charge in [-0.1, -0.05) is 18.2 Å². The molecule has 30 heavy (non-hydrogen) atoms. The number of fused-ring (bicyclic) bond motifs is 1. The minimum atomic E-state index is -1.16. The van der Waals surface area contributed by atoms with E-state index in [1.165, 1.54) is 6.92 Å². The minimum absolute atomic E-state index is 0.00372. The standard InChI is InChI=1S/C23H19N3O4/c1-13(27)15-6-7-18-17(11-15)21(16-4-2-3-5-19(16)28)22(23(29)30)26(18)12-14-8-9-25-20(24)10-14/h2-4,6-11H,5,12H2,1H3,(H2,24,25)(H,29,30). The highest BCUT2D eigenvalue weighted by molar-refractivity contribution is 6.27. The average Bonchev–Trinajstić information content (AvgIpc) is 3.02. The lowest BCUT2D eigenvalue weighted by Gasteiger charge is -2.11. The van der Waals surface area contributed by atoms with E-state index >= 15 is 0 Å². The molecule has 0 radical (unpaired) electrons. The summed E-state index contributed by atoms with van der Waals surface area (Å²) in [6.07, 6.45) is 6.85. The molecule has 0 aliphatic heterocycles. The lowest BCUT2D eigenvalue weighted by Crippen LogP contribution is -2.13. The first-order valence-corrected chi connectivity index (χ1v) is 9.38. The van der Waals surface area contributed by atoms with E-state index in [0.717, 1.165) is 5.56 Å². The van der Waals surface area contributed by atoms with Gasteiger partial charge in [0, 0.05) is 46.8 Å². The number of nitrogens with zero attached hydrogens (tertiary/aromatic N) is 2. The summed E-state index contributed by atoms with van der Waals surface area (Å²) in [6.45, 7) is 1.67. The van der Waals surface area contributed by atoms with E-state index in [4.69, 9.17) is 5.73 Å². The lowest BCUT2D eigenvalue weighted by atomic mass is 9.93. The molecule has 7 nitrogen and oxygen atoms in total. The molecule has 0 saturated heterocycles. The SMILES string of the molecule is CC(=O)c1ccc2c(c1)c(C1=CC=CCC1=O)c(C(=O)O)n2Cc1ccnc(N)c1. The molecule has 1 aliphatic carbocycles. The van der Waals surface area contributed by atoms with Crippen molar-refractivity contribution >= 4 is 39.8 Å². The first-order chi connectivity index (χ1) is 14.4. The first kappa shape index (κ1) is 19.3. The van der Waals surface area contributed by atoms with Gasteiger partial charge >= 0.3 is 5.97 Å². The molecule has 3 N–H and O–H groups in total. The molecule has 2 aromatic heterocycles. The predicted molar refractivity (Wildman–Crippen MR) is 113 cm³/mol. The summed E-state index contributed by atoms with van der Waals surface area (Å²) in [5.41, 5.74) is 8.27. The number of benzene rings is 1. The van der Waals surface area contributed by atoms with Crippen molar-refractivity contribution in [2.75, 3.05) is 5.73 Å². The van der Waals surface area contributed by atoms with Gasteiger partial charge in [0.1, 0.15) is 11.5 Å². The molecule has 0 amide bonds. The van der Waals surface area contributed by atoms with Gasteiger partial charge in [-0.05, 0) is 42.8 Å². The number of carboxylic acids is 1. The highest BCUT2D eigenvalue weighted by Gasteiger charge is 2.28. The zero-order valence-electron chi connectivity index (χ0n) is 16.3. The van der Waals surface area contributed by atoms with Gasteiger partial charge in [0.15, 0.2) is 11.6 Å². The number of nitrogens with two attached hydrogens (primary N) is 1. The van der Waals surface area contributed by atoms with Crippen LogP contribution in [0.1, 0.15) is 45.3 Å². The summed E-state index contributed by atoms with van der Waals surface area (Å²) in [5.74, 6) is -1.13. The van der Waals surface area contributed by atoms with Crippen LogP contribution in [-0.2, 0) is 11.3 Å². The van der Waals surface area contributed by atoms with Gasteiger partial charge in [-0.3, -0.25) is 9.59 Å². The van der Waals surface area contributed by atoms with Crippen LogP contribution in [0, 0.1) is 0 Å². The third-order valence-corrected chi connectivity index (χ3v) is 5.13. The van der Waals surface area contributed by atoms with Crippen LogP contribution in [0.25, 0.3) is 16.5 Å². The molecule has 3 aromatic rings. The fourth-order valence-electron chi connectivity index (χ4n) is 3.77. The van der Waals surface area contributed by atoms with E-state index in [9.17, 15) is 19.5 Å². The van der Waals surface area contributed by atoms with E-state index in [0.29, 0.717) is 33.4 Å². The van der Waals surface area contributed by atoms with Crippen molar-refractivity contribution in [3.63, 3.8) is 0 Å². The molecule has 4 rings (SSSR count). The molecular weight excluding hydrogens is 382 g/mol. The molecule has 7 heteroatoms. The summed E-state index contributed by atoms with van der Waals surface area (Å²) < 4.78 is 1.64. The van der Waals surface area contributed by atoms with Crippen molar-refractivity contribution in [3.05, 3.63) is 77.1 Å². The largest absolute Gasteiger partial charge is 0.477 e. The van der Waals surface area contributed by atoms with Crippen LogP contribution in [0.15, 0.2) is 54.8 Å². The van der Waals surface area contributed by atoms with E-state index in [-0.39, 0.29) is 30.2 Å². The van der Waals surface area contributed by atoms with Gasteiger partial charge in [-0.25, -0.2) is 9.78 Å². The van der Waals surface area contributed by atoms with E-state index in [1.54, 1.807) is 59.3 Å². The Morgan fingerprint density at radius 1 is 1.23 bits per heavy atom. The summed E-state index contributed by atoms with van der Waals surface area (Å²) in [4.78, 5) is 40.9. The molecule has 0 unspecified atom stereocenters. The number of carbonyl (C=O) groups is 3. The number of carbonyl (C=O) groups excluding carboxylic acids is 2. The Hall–Kier alpha value is -4.00. The highest BCUT2D eigenvalue weighted by Crippen LogP contribution is 2.35. The number of carboxylic acid groups (broad SMARTS) is 1. The van der Waals surface area contributed by atoms with Crippen molar-refractivity contribution in [2.45, 2.75) is 19.9 Å². The second-order valence-corrected chi connectivity index (χ2v) is 7.13. The van der Waals surface area contributed by atoms with Crippen molar-refractivity contribution < 1.29 is 19.5 Å². The molecule has 2 heterocycles. The number of Topliss-reactive ketones (excluding diaryl/α,β-unsaturated/α-hetero) is 2. The van der Waals surface area contributed by atoms with Crippen LogP contribution in [0.4, 0.5) is 5.82 Å². The Labute approximate surface area is 172 Å². The van der Waals surface area contributed by atoms with Crippen LogP contribution in [0.2, 0.25) is 0 Å². The fourth-order valence-corrected chi connectivity index (χ4v) is 3.77. The van der Waals surface area contributed by atoms with Gasteiger partial charge in [0.05, 0.1) is 0 Å². The lowest BCUT2D eigenvalue weighted by molar-refractivity contribution is -0.113. The molecule has 0 fully saturated rings. The zero-order valence-corrected chi connectivity index (χ0v) is 16.3. The molecular formula is C23H19N3O4. The van der Waals surface area contributed by atoms with Crippen LogP contribution >= 0.6 is 0 Å². The Kier molecular flexibility index (Phi) is 4.79. The van der Waals surface area contributed by atoms with Gasteiger partial charge in [0.2, 0.25) is 0 Å². The summed E-state index contributed by atoms with van der Waals surface area (Å²) in [7, 11) is 0. The summed E-state index contributed by atoms with van der Waals surface area (Å²) in [6, 6.07) is 8.47. The molecule has 0 spiro atoms. The number of hydrogen-bond donors (Lipinski definition) is 2. The van der Waals surface area contributed by atoms with Crippen LogP contribution in [0.5, 0.6) is 0 Å². The zero-order chi connectivity index (χ0) is 21.4. The minimum Gasteiger partial charge on any atom is -0.477 e. The van der Waals surface area contributed by atoms with Crippen molar-refractivity contribution in [2.24, 2.45) is 0 Å². The number of hydrogen-bond acceptors (Lipinski definition) is 5. The molecule has 0 saturated carbocycles. The Balaban J connectivity index is 2.05. The number of aromatic carboxylic acids is 1. The topological polar surface area (TPSA) is 115 Å². The maximum absolute atomic E-state index is 12.6. The van der Waals surface area contributed by atoms with Gasteiger partial charge in [-0.15, -0.1) is 0 Å². The van der Waals surface area contributed by atoms with Crippen LogP contribution in [-0.4, -0.2) is 32.2 Å². The van der Waals surface area contributed by atoms with E-state index in [2.05, 4.69) is 4.98 Å². The Morgan fingerprint density at radius 2 is 2.03 bits per heavy atom. The number of nitrogen functional groups attached to an aromatic ring is 1. The third-order valence-electron chi connectivity index (χ3n) is 5.13. The Morgan fingerprint density at radius 3 is 2.70 bits per heavy atom. The molecule has 0 atom stereocenters. The fraction of sp³-hybridized carbons (Fsp3) is 0.130. The number of ketones is 2. The summed E-state index contributed by atoms with van der Waals surface area (Å²) in [5, 5.41) is 10.6. The first-order valence-electron chi connectivity index (χ1n) is 9.38. The monoisotopic (exact) mass is 401 g/mol.